The van der Waals surface area contributed by atoms with Gasteiger partial charge in [0.25, 0.3) is 0 Å². The molecule has 0 spiro atoms. The highest BCUT2D eigenvalue weighted by molar-refractivity contribution is 5.91. The molecular formula is C20H22N2O3. The maximum absolute atomic E-state index is 11.6. The van der Waals surface area contributed by atoms with Crippen LogP contribution in [-0.2, 0) is 0 Å². The summed E-state index contributed by atoms with van der Waals surface area (Å²) in [5.41, 5.74) is 3.80. The van der Waals surface area contributed by atoms with Gasteiger partial charge in [-0.3, -0.25) is 0 Å². The Labute approximate surface area is 147 Å². The molecule has 3 aromatic rings. The number of benzene rings is 1. The van der Waals surface area contributed by atoms with E-state index in [4.69, 9.17) is 4.74 Å². The van der Waals surface area contributed by atoms with Gasteiger partial charge in [-0.25, -0.2) is 4.79 Å². The summed E-state index contributed by atoms with van der Waals surface area (Å²) in [5.74, 6) is -0.177. The van der Waals surface area contributed by atoms with Crippen molar-refractivity contribution < 1.29 is 14.6 Å². The normalized spacial score (nSPS) is 12.2. The average molecular weight is 338 g/mol. The van der Waals surface area contributed by atoms with Gasteiger partial charge in [0.15, 0.2) is 0 Å². The van der Waals surface area contributed by atoms with Crippen LogP contribution in [0.25, 0.3) is 5.52 Å². The molecule has 5 heteroatoms. The standard InChI is InChI=1S/C20H22N2O3/c1-13-18(20(23)24)12-16-6-5-11-22(16)19(13)14(2)25-17-9-7-15(8-10-17)21(3)4/h5-12,14H,1-4H3,(H,23,24). The highest BCUT2D eigenvalue weighted by Gasteiger charge is 2.20. The Bertz CT molecular complexity index is 911. The molecule has 1 aromatic carbocycles. The zero-order valence-electron chi connectivity index (χ0n) is 14.9. The van der Waals surface area contributed by atoms with E-state index in [-0.39, 0.29) is 6.10 Å². The van der Waals surface area contributed by atoms with Gasteiger partial charge in [-0.2, -0.15) is 0 Å². The first kappa shape index (κ1) is 16.9. The number of aromatic nitrogens is 1. The number of carbonyl (C=O) groups is 1. The van der Waals surface area contributed by atoms with Gasteiger partial charge < -0.3 is 19.1 Å². The molecule has 130 valence electrons. The van der Waals surface area contributed by atoms with Crippen LogP contribution in [-0.4, -0.2) is 29.6 Å². The molecular weight excluding hydrogens is 316 g/mol. The molecule has 0 saturated carbocycles. The average Bonchev–Trinajstić information content (AvgIpc) is 3.02. The molecule has 0 aliphatic carbocycles. The van der Waals surface area contributed by atoms with Gasteiger partial charge in [-0.1, -0.05) is 0 Å². The predicted octanol–water partition coefficient (Wildman–Crippen LogP) is 4.15. The minimum absolute atomic E-state index is 0.292. The van der Waals surface area contributed by atoms with Crippen LogP contribution in [0.15, 0.2) is 48.7 Å². The third-order valence-electron chi connectivity index (χ3n) is 4.40. The van der Waals surface area contributed by atoms with Crippen molar-refractivity contribution in [2.45, 2.75) is 20.0 Å². The number of rotatable bonds is 5. The van der Waals surface area contributed by atoms with E-state index in [0.29, 0.717) is 11.1 Å². The van der Waals surface area contributed by atoms with Crippen molar-refractivity contribution in [2.24, 2.45) is 0 Å². The SMILES string of the molecule is Cc1c(C(=O)O)cc2cccn2c1C(C)Oc1ccc(N(C)C)cc1. The second-order valence-electron chi connectivity index (χ2n) is 6.32. The van der Waals surface area contributed by atoms with E-state index >= 15 is 0 Å². The summed E-state index contributed by atoms with van der Waals surface area (Å²) < 4.78 is 8.08. The lowest BCUT2D eigenvalue weighted by Gasteiger charge is -2.21. The number of anilines is 1. The van der Waals surface area contributed by atoms with Gasteiger partial charge in [-0.05, 0) is 61.9 Å². The van der Waals surface area contributed by atoms with Gasteiger partial charge in [0.1, 0.15) is 11.9 Å². The monoisotopic (exact) mass is 338 g/mol. The minimum Gasteiger partial charge on any atom is -0.484 e. The van der Waals surface area contributed by atoms with Crippen LogP contribution >= 0.6 is 0 Å². The molecule has 1 atom stereocenters. The third kappa shape index (κ3) is 3.18. The number of hydrogen-bond donors (Lipinski definition) is 1. The number of aromatic carboxylic acids is 1. The molecule has 2 aromatic heterocycles. The summed E-state index contributed by atoms with van der Waals surface area (Å²) in [6, 6.07) is 13.3. The summed E-state index contributed by atoms with van der Waals surface area (Å²) in [6.45, 7) is 3.76. The van der Waals surface area contributed by atoms with Crippen LogP contribution in [0, 0.1) is 6.92 Å². The van der Waals surface area contributed by atoms with E-state index < -0.39 is 5.97 Å². The van der Waals surface area contributed by atoms with Crippen molar-refractivity contribution in [3.05, 3.63) is 65.5 Å². The van der Waals surface area contributed by atoms with Crippen LogP contribution in [0.3, 0.4) is 0 Å². The molecule has 0 radical (unpaired) electrons. The van der Waals surface area contributed by atoms with Crippen molar-refractivity contribution in [1.82, 2.24) is 4.40 Å². The van der Waals surface area contributed by atoms with Crippen LogP contribution < -0.4 is 9.64 Å². The highest BCUT2D eigenvalue weighted by atomic mass is 16.5. The lowest BCUT2D eigenvalue weighted by Crippen LogP contribution is -2.14. The lowest BCUT2D eigenvalue weighted by atomic mass is 10.0. The fourth-order valence-corrected chi connectivity index (χ4v) is 3.11. The fraction of sp³-hybridized carbons (Fsp3) is 0.250. The van der Waals surface area contributed by atoms with Crippen molar-refractivity contribution >= 4 is 17.2 Å². The first-order valence-electron chi connectivity index (χ1n) is 8.16. The van der Waals surface area contributed by atoms with Crippen LogP contribution in [0.5, 0.6) is 5.75 Å². The molecule has 3 rings (SSSR count). The molecule has 0 aliphatic rings. The second-order valence-corrected chi connectivity index (χ2v) is 6.32. The third-order valence-corrected chi connectivity index (χ3v) is 4.40. The Hall–Kier alpha value is -2.95. The summed E-state index contributed by atoms with van der Waals surface area (Å²) in [5, 5.41) is 9.49. The molecule has 0 amide bonds. The smallest absolute Gasteiger partial charge is 0.336 e. The number of nitrogens with zero attached hydrogens (tertiary/aromatic N) is 2. The molecule has 0 fully saturated rings. The van der Waals surface area contributed by atoms with E-state index in [9.17, 15) is 9.90 Å². The summed E-state index contributed by atoms with van der Waals surface area (Å²) in [4.78, 5) is 13.6. The minimum atomic E-state index is -0.926. The number of pyridine rings is 1. The van der Waals surface area contributed by atoms with Crippen LogP contribution in [0.2, 0.25) is 0 Å². The number of hydrogen-bond acceptors (Lipinski definition) is 3. The summed E-state index contributed by atoms with van der Waals surface area (Å²) in [6.07, 6.45) is 1.64. The Balaban J connectivity index is 1.98. The van der Waals surface area contributed by atoms with Crippen molar-refractivity contribution in [2.75, 3.05) is 19.0 Å². The van der Waals surface area contributed by atoms with Gasteiger partial charge in [-0.15, -0.1) is 0 Å². The van der Waals surface area contributed by atoms with Gasteiger partial charge in [0.05, 0.1) is 11.3 Å². The highest BCUT2D eigenvalue weighted by Crippen LogP contribution is 2.29. The zero-order valence-corrected chi connectivity index (χ0v) is 14.9. The zero-order chi connectivity index (χ0) is 18.1. The summed E-state index contributed by atoms with van der Waals surface area (Å²) >= 11 is 0. The van der Waals surface area contributed by atoms with E-state index in [0.717, 1.165) is 22.6 Å². The van der Waals surface area contributed by atoms with Crippen molar-refractivity contribution in [3.63, 3.8) is 0 Å². The molecule has 1 unspecified atom stereocenters. The quantitative estimate of drug-likeness (QED) is 0.759. The molecule has 0 bridgehead atoms. The molecule has 25 heavy (non-hydrogen) atoms. The Kier molecular flexibility index (Phi) is 4.40. The van der Waals surface area contributed by atoms with Gasteiger partial charge in [0.2, 0.25) is 0 Å². The molecule has 2 heterocycles. The fourth-order valence-electron chi connectivity index (χ4n) is 3.11. The van der Waals surface area contributed by atoms with Crippen molar-refractivity contribution in [1.29, 1.82) is 0 Å². The van der Waals surface area contributed by atoms with Crippen molar-refractivity contribution in [3.8, 4) is 5.75 Å². The molecule has 5 nitrogen and oxygen atoms in total. The first-order chi connectivity index (χ1) is 11.9. The maximum atomic E-state index is 11.6. The Morgan fingerprint density at radius 2 is 1.88 bits per heavy atom. The van der Waals surface area contributed by atoms with E-state index in [1.807, 2.05) is 79.8 Å². The maximum Gasteiger partial charge on any atom is 0.336 e. The molecule has 0 saturated heterocycles. The predicted molar refractivity (Wildman–Crippen MR) is 98.9 cm³/mol. The number of carboxylic acids is 1. The van der Waals surface area contributed by atoms with Crippen LogP contribution in [0.4, 0.5) is 5.69 Å². The van der Waals surface area contributed by atoms with E-state index in [1.54, 1.807) is 6.07 Å². The largest absolute Gasteiger partial charge is 0.484 e. The Morgan fingerprint density at radius 3 is 2.48 bits per heavy atom. The molecule has 0 aliphatic heterocycles. The van der Waals surface area contributed by atoms with Gasteiger partial charge in [0, 0.05) is 31.5 Å². The van der Waals surface area contributed by atoms with Crippen LogP contribution in [0.1, 0.15) is 34.6 Å². The first-order valence-corrected chi connectivity index (χ1v) is 8.16. The molecule has 1 N–H and O–H groups in total. The van der Waals surface area contributed by atoms with E-state index in [2.05, 4.69) is 0 Å². The lowest BCUT2D eigenvalue weighted by molar-refractivity contribution is 0.0695. The Morgan fingerprint density at radius 1 is 1.20 bits per heavy atom. The van der Waals surface area contributed by atoms with Gasteiger partial charge >= 0.3 is 5.97 Å². The second kappa shape index (κ2) is 6.51. The summed E-state index contributed by atoms with van der Waals surface area (Å²) in [7, 11) is 3.98. The topological polar surface area (TPSA) is 54.2 Å². The number of ether oxygens (including phenoxy) is 1. The van der Waals surface area contributed by atoms with E-state index in [1.165, 1.54) is 0 Å². The number of fused-ring (bicyclic) bond motifs is 1. The number of carboxylic acid groups (broad SMARTS) is 1.